The number of rotatable bonds is 2. The second-order valence-electron chi connectivity index (χ2n) is 24.6. The molecule has 0 saturated carbocycles. The Bertz CT molecular complexity index is 3800. The minimum Gasteiger partial charge on any atom is -0.310 e. The maximum atomic E-state index is 2.73. The summed E-state index contributed by atoms with van der Waals surface area (Å²) < 4.78 is 5.45. The van der Waals surface area contributed by atoms with E-state index in [1.807, 2.05) is 0 Å². The van der Waals surface area contributed by atoms with Crippen molar-refractivity contribution in [2.24, 2.45) is 0 Å². The Morgan fingerprint density at radius 1 is 0.348 bits per heavy atom. The quantitative estimate of drug-likeness (QED) is 0.153. The first kappa shape index (κ1) is 42.3. The molecule has 2 nitrogen and oxygen atoms in total. The Morgan fingerprint density at radius 2 is 0.739 bits per heavy atom. The van der Waals surface area contributed by atoms with Crippen molar-refractivity contribution in [2.45, 2.75) is 105 Å². The Morgan fingerprint density at radius 3 is 1.16 bits per heavy atom. The van der Waals surface area contributed by atoms with Gasteiger partial charge < -0.3 is 9.13 Å². The van der Waals surface area contributed by atoms with Gasteiger partial charge in [0, 0.05) is 32.9 Å². The first-order valence-corrected chi connectivity index (χ1v) is 25.2. The van der Waals surface area contributed by atoms with Gasteiger partial charge in [-0.2, -0.15) is 0 Å². The van der Waals surface area contributed by atoms with Gasteiger partial charge in [-0.3, -0.25) is 0 Å². The third-order valence-corrected chi connectivity index (χ3v) is 16.0. The van der Waals surface area contributed by atoms with Gasteiger partial charge in [0.1, 0.15) is 0 Å². The molecule has 13 rings (SSSR count). The van der Waals surface area contributed by atoms with Crippen LogP contribution in [-0.2, 0) is 21.7 Å². The molecule has 11 aromatic rings. The van der Waals surface area contributed by atoms with Crippen molar-refractivity contribution in [2.75, 3.05) is 0 Å². The second kappa shape index (κ2) is 13.9. The molecular formula is C66H61BN2. The Hall–Kier alpha value is -6.84. The Kier molecular flexibility index (Phi) is 8.52. The zero-order valence-electron chi connectivity index (χ0n) is 42.4. The summed E-state index contributed by atoms with van der Waals surface area (Å²) in [7, 11) is 0. The van der Waals surface area contributed by atoms with Gasteiger partial charge in [-0.05, 0) is 128 Å². The average Bonchev–Trinajstić information content (AvgIpc) is 3.85. The SMILES string of the molecule is CC(C)(C)c1cc(C(C)(C)C)c2c3c4ccccc4cc4c3n(c2c1)-c1cc(-c2ccc(-c3ccccc3)cc2)cc2c1B4c1cc3ccccc3c3c4c(C(C)(C)C)cc(C(C)(C)C)cc4n-2c13. The summed E-state index contributed by atoms with van der Waals surface area (Å²) in [4.78, 5) is 0. The van der Waals surface area contributed by atoms with E-state index >= 15 is 0 Å². The zero-order chi connectivity index (χ0) is 47.8. The van der Waals surface area contributed by atoms with Crippen LogP contribution in [-0.4, -0.2) is 15.8 Å². The van der Waals surface area contributed by atoms with Crippen molar-refractivity contribution in [3.8, 4) is 33.6 Å². The lowest BCUT2D eigenvalue weighted by Gasteiger charge is -2.35. The fraction of sp³-hybridized carbons (Fsp3) is 0.242. The first-order valence-electron chi connectivity index (χ1n) is 25.2. The Balaban J connectivity index is 1.28. The minimum atomic E-state index is -0.106. The van der Waals surface area contributed by atoms with E-state index < -0.39 is 0 Å². The first-order chi connectivity index (χ1) is 32.8. The van der Waals surface area contributed by atoms with Gasteiger partial charge >= 0.3 is 0 Å². The number of aromatic nitrogens is 2. The van der Waals surface area contributed by atoms with E-state index in [9.17, 15) is 0 Å². The topological polar surface area (TPSA) is 9.86 Å². The molecule has 69 heavy (non-hydrogen) atoms. The summed E-state index contributed by atoms with van der Waals surface area (Å²) in [5, 5.41) is 10.8. The maximum absolute atomic E-state index is 2.73. The Labute approximate surface area is 407 Å². The zero-order valence-corrected chi connectivity index (χ0v) is 42.4. The number of hydrogen-bond donors (Lipinski definition) is 0. The van der Waals surface area contributed by atoms with Crippen LogP contribution in [0.3, 0.4) is 0 Å². The van der Waals surface area contributed by atoms with Crippen molar-refractivity contribution in [3.05, 3.63) is 174 Å². The number of hydrogen-bond acceptors (Lipinski definition) is 0. The fourth-order valence-corrected chi connectivity index (χ4v) is 12.5. The lowest BCUT2D eigenvalue weighted by molar-refractivity contribution is 0.572. The molecule has 0 saturated heterocycles. The average molecular weight is 893 g/mol. The summed E-state index contributed by atoms with van der Waals surface area (Å²) in [5.74, 6) is 0. The second-order valence-corrected chi connectivity index (χ2v) is 24.6. The molecule has 2 aliphatic rings. The monoisotopic (exact) mass is 892 g/mol. The van der Waals surface area contributed by atoms with Crippen molar-refractivity contribution in [1.82, 2.24) is 9.13 Å². The molecule has 3 heteroatoms. The molecule has 338 valence electrons. The van der Waals surface area contributed by atoms with Crippen LogP contribution in [0.1, 0.15) is 105 Å². The van der Waals surface area contributed by atoms with Crippen molar-refractivity contribution in [1.29, 1.82) is 0 Å². The summed E-state index contributed by atoms with van der Waals surface area (Å²) in [6.45, 7) is 28.7. The molecule has 0 fully saturated rings. The van der Waals surface area contributed by atoms with E-state index in [0.717, 1.165) is 0 Å². The van der Waals surface area contributed by atoms with E-state index in [4.69, 9.17) is 0 Å². The largest absolute Gasteiger partial charge is 0.310 e. The molecular weight excluding hydrogens is 832 g/mol. The van der Waals surface area contributed by atoms with Crippen molar-refractivity contribution >= 4 is 88.3 Å². The van der Waals surface area contributed by atoms with Crippen LogP contribution in [0, 0.1) is 0 Å². The predicted molar refractivity (Wildman–Crippen MR) is 300 cm³/mol. The minimum absolute atomic E-state index is 0.00214. The molecule has 0 atom stereocenters. The summed E-state index contributed by atoms with van der Waals surface area (Å²) in [6, 6.07) is 58.9. The highest BCUT2D eigenvalue weighted by atomic mass is 15.0. The normalized spacial score (nSPS) is 13.8. The van der Waals surface area contributed by atoms with Crippen LogP contribution >= 0.6 is 0 Å². The lowest BCUT2D eigenvalue weighted by atomic mass is 9.34. The molecule has 0 bridgehead atoms. The van der Waals surface area contributed by atoms with E-state index in [1.54, 1.807) is 0 Å². The van der Waals surface area contributed by atoms with Gasteiger partial charge in [0.05, 0.1) is 22.1 Å². The molecule has 4 heterocycles. The number of nitrogens with zero attached hydrogens (tertiary/aromatic N) is 2. The van der Waals surface area contributed by atoms with Gasteiger partial charge in [-0.15, -0.1) is 0 Å². The van der Waals surface area contributed by atoms with Crippen molar-refractivity contribution < 1.29 is 0 Å². The van der Waals surface area contributed by atoms with Crippen LogP contribution in [0.5, 0.6) is 0 Å². The van der Waals surface area contributed by atoms with E-state index in [1.165, 1.54) is 137 Å². The summed E-state index contributed by atoms with van der Waals surface area (Å²) >= 11 is 0. The van der Waals surface area contributed by atoms with Crippen LogP contribution < -0.4 is 16.4 Å². The summed E-state index contributed by atoms with van der Waals surface area (Å²) in [5.41, 5.74) is 22.2. The fourth-order valence-electron chi connectivity index (χ4n) is 12.5. The molecule has 0 radical (unpaired) electrons. The lowest BCUT2D eigenvalue weighted by Crippen LogP contribution is -2.59. The van der Waals surface area contributed by atoms with E-state index in [0.29, 0.717) is 0 Å². The smallest absolute Gasteiger partial charge is 0.252 e. The maximum Gasteiger partial charge on any atom is 0.252 e. The van der Waals surface area contributed by atoms with Gasteiger partial charge in [0.15, 0.2) is 0 Å². The van der Waals surface area contributed by atoms with E-state index in [-0.39, 0.29) is 28.4 Å². The highest BCUT2D eigenvalue weighted by molar-refractivity contribution is 7.00. The molecule has 0 amide bonds. The molecule has 0 aliphatic carbocycles. The predicted octanol–water partition coefficient (Wildman–Crippen LogP) is 15.9. The highest BCUT2D eigenvalue weighted by Crippen LogP contribution is 2.49. The standard InChI is InChI=1S/C66H61BN2/c1-63(2,3)44-34-48(65(7,8)9)58-52(36-44)68-54-32-43(40-28-26-39(27-29-40)38-20-14-13-15-21-38)33-55-60(54)67(50-30-41-22-16-18-24-46(41)56(58)61(50)68)51-31-42-23-17-19-25-47(42)57-59-49(66(10,11)12)35-45(64(4,5)6)37-53(59)69(55)62(51)57/h13-37H,1-12H3. The molecule has 2 aliphatic heterocycles. The molecule has 0 spiro atoms. The van der Waals surface area contributed by atoms with Gasteiger partial charge in [-0.25, -0.2) is 0 Å². The third kappa shape index (κ3) is 5.98. The summed E-state index contributed by atoms with van der Waals surface area (Å²) in [6.07, 6.45) is 0. The van der Waals surface area contributed by atoms with Crippen LogP contribution in [0.4, 0.5) is 0 Å². The molecule has 9 aromatic carbocycles. The van der Waals surface area contributed by atoms with Gasteiger partial charge in [-0.1, -0.05) is 210 Å². The van der Waals surface area contributed by atoms with Crippen LogP contribution in [0.25, 0.3) is 98.8 Å². The van der Waals surface area contributed by atoms with Crippen LogP contribution in [0.15, 0.2) is 152 Å². The molecule has 2 aromatic heterocycles. The third-order valence-electron chi connectivity index (χ3n) is 16.0. The molecule has 0 unspecified atom stereocenters. The molecule has 0 N–H and O–H groups in total. The number of benzene rings is 9. The van der Waals surface area contributed by atoms with Crippen molar-refractivity contribution in [3.63, 3.8) is 0 Å². The highest BCUT2D eigenvalue weighted by Gasteiger charge is 2.43. The van der Waals surface area contributed by atoms with Crippen LogP contribution in [0.2, 0.25) is 0 Å². The van der Waals surface area contributed by atoms with E-state index in [2.05, 4.69) is 244 Å². The number of fused-ring (bicyclic) bond motifs is 14. The van der Waals surface area contributed by atoms with Gasteiger partial charge in [0.25, 0.3) is 6.71 Å². The van der Waals surface area contributed by atoms with Gasteiger partial charge in [0.2, 0.25) is 0 Å².